The Morgan fingerprint density at radius 3 is 2.47 bits per heavy atom. The molecule has 0 amide bonds. The van der Waals surface area contributed by atoms with Crippen molar-refractivity contribution in [2.45, 2.75) is 52.0 Å². The van der Waals surface area contributed by atoms with Crippen LogP contribution in [0.5, 0.6) is 0 Å². The van der Waals surface area contributed by atoms with Crippen LogP contribution in [0.3, 0.4) is 0 Å². The van der Waals surface area contributed by atoms with Crippen LogP contribution in [-0.2, 0) is 0 Å². The summed E-state index contributed by atoms with van der Waals surface area (Å²) in [5, 5.41) is 3.62. The van der Waals surface area contributed by atoms with E-state index in [0.717, 1.165) is 12.5 Å². The van der Waals surface area contributed by atoms with E-state index in [1.165, 1.54) is 71.4 Å². The highest BCUT2D eigenvalue weighted by atomic mass is 15.3. The van der Waals surface area contributed by atoms with Crippen LogP contribution in [-0.4, -0.2) is 61.7 Å². The second-order valence-corrected chi connectivity index (χ2v) is 6.54. The molecule has 1 aliphatic heterocycles. The lowest BCUT2D eigenvalue weighted by atomic mass is 10.2. The van der Waals surface area contributed by atoms with Crippen molar-refractivity contribution in [1.82, 2.24) is 15.1 Å². The van der Waals surface area contributed by atoms with Crippen LogP contribution in [0.15, 0.2) is 0 Å². The Kier molecular flexibility index (Phi) is 6.62. The molecule has 19 heavy (non-hydrogen) atoms. The molecule has 2 rings (SSSR count). The molecule has 0 spiro atoms. The molecule has 2 aliphatic rings. The molecule has 3 heteroatoms. The maximum absolute atomic E-state index is 3.62. The smallest absolute Gasteiger partial charge is 0.0193 e. The molecule has 1 heterocycles. The molecule has 1 N–H and O–H groups in total. The van der Waals surface area contributed by atoms with Gasteiger partial charge in [-0.2, -0.15) is 0 Å². The van der Waals surface area contributed by atoms with Gasteiger partial charge in [-0.15, -0.1) is 0 Å². The van der Waals surface area contributed by atoms with Crippen molar-refractivity contribution < 1.29 is 0 Å². The molecule has 0 aromatic heterocycles. The molecular formula is C16H33N3. The molecule has 1 aliphatic carbocycles. The van der Waals surface area contributed by atoms with Crippen LogP contribution in [0.1, 0.15) is 46.0 Å². The Morgan fingerprint density at radius 2 is 1.84 bits per heavy atom. The summed E-state index contributed by atoms with van der Waals surface area (Å²) in [4.78, 5) is 5.34. The van der Waals surface area contributed by atoms with Gasteiger partial charge < -0.3 is 10.2 Å². The first-order valence-electron chi connectivity index (χ1n) is 8.46. The van der Waals surface area contributed by atoms with Gasteiger partial charge in [0, 0.05) is 45.3 Å². The fraction of sp³-hybridized carbons (Fsp3) is 1.00. The average molecular weight is 267 g/mol. The van der Waals surface area contributed by atoms with Gasteiger partial charge in [0.05, 0.1) is 0 Å². The minimum atomic E-state index is 0.699. The van der Waals surface area contributed by atoms with Crippen LogP contribution in [0.25, 0.3) is 0 Å². The van der Waals surface area contributed by atoms with Crippen LogP contribution < -0.4 is 5.32 Å². The van der Waals surface area contributed by atoms with E-state index in [-0.39, 0.29) is 0 Å². The van der Waals surface area contributed by atoms with Gasteiger partial charge in [-0.3, -0.25) is 4.90 Å². The summed E-state index contributed by atoms with van der Waals surface area (Å²) >= 11 is 0. The van der Waals surface area contributed by atoms with E-state index in [4.69, 9.17) is 0 Å². The number of nitrogens with zero attached hydrogens (tertiary/aromatic N) is 2. The topological polar surface area (TPSA) is 18.5 Å². The largest absolute Gasteiger partial charge is 0.315 e. The van der Waals surface area contributed by atoms with Gasteiger partial charge in [0.15, 0.2) is 0 Å². The molecule has 0 bridgehead atoms. The Labute approximate surface area is 119 Å². The summed E-state index contributed by atoms with van der Waals surface area (Å²) in [5.74, 6) is 1.05. The Balaban J connectivity index is 1.52. The number of nitrogens with one attached hydrogen (secondary N) is 1. The predicted molar refractivity (Wildman–Crippen MR) is 82.6 cm³/mol. The maximum Gasteiger partial charge on any atom is 0.0193 e. The van der Waals surface area contributed by atoms with E-state index in [1.807, 2.05) is 0 Å². The van der Waals surface area contributed by atoms with Crippen LogP contribution in [0.2, 0.25) is 0 Å². The minimum Gasteiger partial charge on any atom is -0.315 e. The zero-order valence-electron chi connectivity index (χ0n) is 13.0. The normalized spacial score (nSPS) is 23.7. The highest BCUT2D eigenvalue weighted by molar-refractivity contribution is 4.82. The highest BCUT2D eigenvalue weighted by Gasteiger charge is 2.27. The van der Waals surface area contributed by atoms with Gasteiger partial charge in [0.25, 0.3) is 0 Å². The second kappa shape index (κ2) is 8.23. The summed E-state index contributed by atoms with van der Waals surface area (Å²) in [5.41, 5.74) is 0. The van der Waals surface area contributed by atoms with Crippen LogP contribution in [0.4, 0.5) is 0 Å². The third kappa shape index (κ3) is 5.80. The van der Waals surface area contributed by atoms with Gasteiger partial charge in [-0.05, 0) is 38.6 Å². The summed E-state index contributed by atoms with van der Waals surface area (Å²) in [6.07, 6.45) is 6.98. The molecule has 1 saturated heterocycles. The number of hydrogen-bond donors (Lipinski definition) is 1. The summed E-state index contributed by atoms with van der Waals surface area (Å²) < 4.78 is 0. The summed E-state index contributed by atoms with van der Waals surface area (Å²) in [6, 6.07) is 0.699. The molecule has 0 radical (unpaired) electrons. The van der Waals surface area contributed by atoms with Gasteiger partial charge in [-0.1, -0.05) is 19.8 Å². The van der Waals surface area contributed by atoms with E-state index in [2.05, 4.69) is 29.0 Å². The van der Waals surface area contributed by atoms with Crippen molar-refractivity contribution in [1.29, 1.82) is 0 Å². The first kappa shape index (κ1) is 15.3. The predicted octanol–water partition coefficient (Wildman–Crippen LogP) is 2.18. The van der Waals surface area contributed by atoms with Crippen molar-refractivity contribution in [3.8, 4) is 0 Å². The third-order valence-electron chi connectivity index (χ3n) is 4.64. The van der Waals surface area contributed by atoms with E-state index >= 15 is 0 Å². The third-order valence-corrected chi connectivity index (χ3v) is 4.64. The lowest BCUT2D eigenvalue weighted by Gasteiger charge is -2.38. The summed E-state index contributed by atoms with van der Waals surface area (Å²) in [7, 11) is 0. The van der Waals surface area contributed by atoms with Crippen molar-refractivity contribution in [3.05, 3.63) is 0 Å². The fourth-order valence-electron chi connectivity index (χ4n) is 2.99. The molecule has 0 aromatic carbocycles. The van der Waals surface area contributed by atoms with E-state index < -0.39 is 0 Å². The Hall–Kier alpha value is -0.120. The Morgan fingerprint density at radius 1 is 1.11 bits per heavy atom. The zero-order valence-corrected chi connectivity index (χ0v) is 13.0. The number of piperazine rings is 1. The van der Waals surface area contributed by atoms with E-state index in [9.17, 15) is 0 Å². The lowest BCUT2D eigenvalue weighted by molar-refractivity contribution is 0.0987. The van der Waals surface area contributed by atoms with Crippen LogP contribution in [0, 0.1) is 5.92 Å². The van der Waals surface area contributed by atoms with E-state index in [0.29, 0.717) is 6.04 Å². The fourth-order valence-corrected chi connectivity index (χ4v) is 2.99. The summed E-state index contributed by atoms with van der Waals surface area (Å²) in [6.45, 7) is 13.5. The lowest BCUT2D eigenvalue weighted by Crippen LogP contribution is -2.52. The van der Waals surface area contributed by atoms with Gasteiger partial charge in [-0.25, -0.2) is 0 Å². The first-order valence-corrected chi connectivity index (χ1v) is 8.46. The SMILES string of the molecule is CCCCCNCC(C)N1CCN(CC2CC2)CC1. The molecule has 3 nitrogen and oxygen atoms in total. The number of rotatable bonds is 9. The number of hydrogen-bond acceptors (Lipinski definition) is 3. The molecule has 1 unspecified atom stereocenters. The van der Waals surface area contributed by atoms with Gasteiger partial charge in [0.2, 0.25) is 0 Å². The second-order valence-electron chi connectivity index (χ2n) is 6.54. The van der Waals surface area contributed by atoms with E-state index in [1.54, 1.807) is 0 Å². The minimum absolute atomic E-state index is 0.699. The standard InChI is InChI=1S/C16H33N3/c1-3-4-5-8-17-13-15(2)19-11-9-18(10-12-19)14-16-6-7-16/h15-17H,3-14H2,1-2H3. The van der Waals surface area contributed by atoms with Crippen molar-refractivity contribution in [3.63, 3.8) is 0 Å². The zero-order chi connectivity index (χ0) is 13.5. The highest BCUT2D eigenvalue weighted by Crippen LogP contribution is 2.29. The monoisotopic (exact) mass is 267 g/mol. The van der Waals surface area contributed by atoms with Crippen LogP contribution >= 0.6 is 0 Å². The maximum atomic E-state index is 3.62. The quantitative estimate of drug-likeness (QED) is 0.646. The van der Waals surface area contributed by atoms with Crippen molar-refractivity contribution >= 4 is 0 Å². The molecule has 2 fully saturated rings. The molecular weight excluding hydrogens is 234 g/mol. The van der Waals surface area contributed by atoms with Gasteiger partial charge >= 0.3 is 0 Å². The van der Waals surface area contributed by atoms with Gasteiger partial charge in [0.1, 0.15) is 0 Å². The molecule has 1 saturated carbocycles. The average Bonchev–Trinajstić information content (AvgIpc) is 3.23. The Bertz CT molecular complexity index is 232. The van der Waals surface area contributed by atoms with Crippen molar-refractivity contribution in [2.75, 3.05) is 45.8 Å². The molecule has 0 aromatic rings. The number of unbranched alkanes of at least 4 members (excludes halogenated alkanes) is 2. The first-order chi connectivity index (χ1) is 9.29. The van der Waals surface area contributed by atoms with Crippen molar-refractivity contribution in [2.24, 2.45) is 5.92 Å². The molecule has 1 atom stereocenters. The molecule has 112 valence electrons.